The molecule has 2 aromatic rings. The number of nitro benzene ring substituents is 1. The molecule has 3 rings (SSSR count). The van der Waals surface area contributed by atoms with Gasteiger partial charge < -0.3 is 9.64 Å². The molecule has 0 aliphatic carbocycles. The van der Waals surface area contributed by atoms with Gasteiger partial charge in [0.2, 0.25) is 0 Å². The van der Waals surface area contributed by atoms with Gasteiger partial charge in [-0.3, -0.25) is 19.8 Å². The van der Waals surface area contributed by atoms with Gasteiger partial charge in [-0.2, -0.15) is 0 Å². The van der Waals surface area contributed by atoms with E-state index in [2.05, 4.69) is 21.8 Å². The number of ether oxygens (including phenoxy) is 1. The number of amides is 1. The summed E-state index contributed by atoms with van der Waals surface area (Å²) in [6.07, 6.45) is 0. The molecule has 0 saturated carbocycles. The monoisotopic (exact) mass is 383 g/mol. The summed E-state index contributed by atoms with van der Waals surface area (Å²) in [5.41, 5.74) is 1.01. The van der Waals surface area contributed by atoms with E-state index in [1.807, 2.05) is 18.2 Å². The van der Waals surface area contributed by atoms with E-state index in [0.29, 0.717) is 26.2 Å². The van der Waals surface area contributed by atoms with E-state index in [0.717, 1.165) is 12.6 Å². The largest absolute Gasteiger partial charge is 0.465 e. The van der Waals surface area contributed by atoms with Crippen LogP contribution in [0.3, 0.4) is 0 Å². The average molecular weight is 383 g/mol. The summed E-state index contributed by atoms with van der Waals surface area (Å²) >= 11 is 0. The molecule has 8 nitrogen and oxygen atoms in total. The summed E-state index contributed by atoms with van der Waals surface area (Å²) in [5, 5.41) is 11.2. The number of non-ortho nitro benzene ring substituents is 1. The van der Waals surface area contributed by atoms with E-state index in [1.54, 1.807) is 4.90 Å². The van der Waals surface area contributed by atoms with E-state index in [1.165, 1.54) is 24.8 Å². The molecule has 1 saturated heterocycles. The second-order valence-corrected chi connectivity index (χ2v) is 6.57. The van der Waals surface area contributed by atoms with Gasteiger partial charge in [-0.25, -0.2) is 4.79 Å². The molecule has 0 spiro atoms. The fourth-order valence-corrected chi connectivity index (χ4v) is 3.21. The number of piperazine rings is 1. The number of hydrogen-bond acceptors (Lipinski definition) is 6. The lowest BCUT2D eigenvalue weighted by atomic mass is 10.1. The zero-order valence-electron chi connectivity index (χ0n) is 15.5. The van der Waals surface area contributed by atoms with Crippen molar-refractivity contribution in [2.24, 2.45) is 0 Å². The van der Waals surface area contributed by atoms with Crippen molar-refractivity contribution in [3.05, 3.63) is 75.3 Å². The molecule has 28 heavy (non-hydrogen) atoms. The van der Waals surface area contributed by atoms with Crippen LogP contribution >= 0.6 is 0 Å². The minimum Gasteiger partial charge on any atom is -0.465 e. The van der Waals surface area contributed by atoms with Crippen LogP contribution in [0.4, 0.5) is 5.69 Å². The lowest BCUT2D eigenvalue weighted by Crippen LogP contribution is -2.48. The molecule has 0 bridgehead atoms. The molecule has 1 fully saturated rings. The SMILES string of the molecule is COC(=O)c1cc(C(=O)N2CCN(Cc3ccccc3)CC2)cc([N+](=O)[O-])c1. The fraction of sp³-hybridized carbons (Fsp3) is 0.300. The number of carbonyl (C=O) groups excluding carboxylic acids is 2. The van der Waals surface area contributed by atoms with E-state index in [4.69, 9.17) is 0 Å². The molecule has 1 aliphatic rings. The van der Waals surface area contributed by atoms with Gasteiger partial charge in [-0.05, 0) is 11.6 Å². The topological polar surface area (TPSA) is 93.0 Å². The quantitative estimate of drug-likeness (QED) is 0.447. The molecule has 1 heterocycles. The Hall–Kier alpha value is -3.26. The first-order valence-electron chi connectivity index (χ1n) is 8.91. The second kappa shape index (κ2) is 8.62. The molecule has 146 valence electrons. The molecule has 1 aliphatic heterocycles. The Labute approximate surface area is 162 Å². The Kier molecular flexibility index (Phi) is 6.00. The maximum Gasteiger partial charge on any atom is 0.338 e. The summed E-state index contributed by atoms with van der Waals surface area (Å²) in [4.78, 5) is 39.1. The first-order chi connectivity index (χ1) is 13.5. The van der Waals surface area contributed by atoms with Crippen molar-refractivity contribution in [1.29, 1.82) is 0 Å². The first-order valence-corrected chi connectivity index (χ1v) is 8.91. The number of rotatable bonds is 5. The molecular formula is C20H21N3O5. The molecule has 0 unspecified atom stereocenters. The van der Waals surface area contributed by atoms with Crippen molar-refractivity contribution in [1.82, 2.24) is 9.80 Å². The Bertz CT molecular complexity index is 877. The van der Waals surface area contributed by atoms with Gasteiger partial charge in [0, 0.05) is 50.4 Å². The van der Waals surface area contributed by atoms with Crippen LogP contribution in [0.1, 0.15) is 26.3 Å². The van der Waals surface area contributed by atoms with Crippen LogP contribution in [-0.2, 0) is 11.3 Å². The van der Waals surface area contributed by atoms with Crippen LogP contribution in [0.15, 0.2) is 48.5 Å². The van der Waals surface area contributed by atoms with Crippen LogP contribution in [0.2, 0.25) is 0 Å². The van der Waals surface area contributed by atoms with Crippen molar-refractivity contribution in [3.63, 3.8) is 0 Å². The second-order valence-electron chi connectivity index (χ2n) is 6.57. The van der Waals surface area contributed by atoms with Gasteiger partial charge in [-0.1, -0.05) is 30.3 Å². The Morgan fingerprint density at radius 1 is 1.04 bits per heavy atom. The number of hydrogen-bond donors (Lipinski definition) is 0. The van der Waals surface area contributed by atoms with E-state index >= 15 is 0 Å². The maximum atomic E-state index is 12.8. The summed E-state index contributed by atoms with van der Waals surface area (Å²) in [6.45, 7) is 3.26. The lowest BCUT2D eigenvalue weighted by molar-refractivity contribution is -0.384. The molecule has 2 aromatic carbocycles. The van der Waals surface area contributed by atoms with Crippen LogP contribution in [0.5, 0.6) is 0 Å². The summed E-state index contributed by atoms with van der Waals surface area (Å²) in [5.74, 6) is -1.04. The van der Waals surface area contributed by atoms with Gasteiger partial charge in [0.25, 0.3) is 11.6 Å². The fourth-order valence-electron chi connectivity index (χ4n) is 3.21. The van der Waals surface area contributed by atoms with Gasteiger partial charge in [0.1, 0.15) is 0 Å². The van der Waals surface area contributed by atoms with Crippen LogP contribution in [0.25, 0.3) is 0 Å². The van der Waals surface area contributed by atoms with E-state index < -0.39 is 10.9 Å². The van der Waals surface area contributed by atoms with E-state index in [9.17, 15) is 19.7 Å². The number of nitro groups is 1. The highest BCUT2D eigenvalue weighted by Gasteiger charge is 2.25. The van der Waals surface area contributed by atoms with Crippen molar-refractivity contribution in [2.45, 2.75) is 6.54 Å². The Morgan fingerprint density at radius 3 is 2.29 bits per heavy atom. The Balaban J connectivity index is 1.70. The summed E-state index contributed by atoms with van der Waals surface area (Å²) in [7, 11) is 1.19. The number of methoxy groups -OCH3 is 1. The molecule has 0 radical (unpaired) electrons. The molecule has 0 aromatic heterocycles. The predicted octanol–water partition coefficient (Wildman–Crippen LogP) is 2.34. The third-order valence-corrected chi connectivity index (χ3v) is 4.71. The van der Waals surface area contributed by atoms with Gasteiger partial charge >= 0.3 is 5.97 Å². The van der Waals surface area contributed by atoms with Crippen molar-refractivity contribution in [2.75, 3.05) is 33.3 Å². The predicted molar refractivity (Wildman–Crippen MR) is 102 cm³/mol. The highest BCUT2D eigenvalue weighted by molar-refractivity contribution is 5.99. The normalized spacial score (nSPS) is 14.5. The van der Waals surface area contributed by atoms with Gasteiger partial charge in [-0.15, -0.1) is 0 Å². The molecular weight excluding hydrogens is 362 g/mol. The number of esters is 1. The Morgan fingerprint density at radius 2 is 1.68 bits per heavy atom. The number of benzene rings is 2. The highest BCUT2D eigenvalue weighted by atomic mass is 16.6. The van der Waals surface area contributed by atoms with Crippen molar-refractivity contribution in [3.8, 4) is 0 Å². The number of nitrogens with zero attached hydrogens (tertiary/aromatic N) is 3. The van der Waals surface area contributed by atoms with Crippen LogP contribution in [-0.4, -0.2) is 59.9 Å². The molecule has 0 N–H and O–H groups in total. The van der Waals surface area contributed by atoms with Crippen LogP contribution < -0.4 is 0 Å². The zero-order chi connectivity index (χ0) is 20.1. The van der Waals surface area contributed by atoms with Gasteiger partial charge in [0.05, 0.1) is 17.6 Å². The van der Waals surface area contributed by atoms with E-state index in [-0.39, 0.29) is 22.7 Å². The third kappa shape index (κ3) is 4.52. The summed E-state index contributed by atoms with van der Waals surface area (Å²) in [6, 6.07) is 13.8. The molecule has 1 amide bonds. The maximum absolute atomic E-state index is 12.8. The smallest absolute Gasteiger partial charge is 0.338 e. The van der Waals surface area contributed by atoms with Gasteiger partial charge in [0.15, 0.2) is 0 Å². The minimum absolute atomic E-state index is 0.0113. The highest BCUT2D eigenvalue weighted by Crippen LogP contribution is 2.20. The minimum atomic E-state index is -0.717. The molecule has 8 heteroatoms. The lowest BCUT2D eigenvalue weighted by Gasteiger charge is -2.34. The van der Waals surface area contributed by atoms with Crippen molar-refractivity contribution >= 4 is 17.6 Å². The zero-order valence-corrected chi connectivity index (χ0v) is 15.5. The third-order valence-electron chi connectivity index (χ3n) is 4.71. The average Bonchev–Trinajstić information content (AvgIpc) is 2.73. The summed E-state index contributed by atoms with van der Waals surface area (Å²) < 4.78 is 4.63. The first kappa shape index (κ1) is 19.5. The number of carbonyl (C=O) groups is 2. The van der Waals surface area contributed by atoms with Crippen LogP contribution in [0, 0.1) is 10.1 Å². The molecule has 0 atom stereocenters. The standard InChI is InChI=1S/C20H21N3O5/c1-28-20(25)17-11-16(12-18(13-17)23(26)27)19(24)22-9-7-21(8-10-22)14-15-5-3-2-4-6-15/h2-6,11-13H,7-10,14H2,1H3. The van der Waals surface area contributed by atoms with Crippen molar-refractivity contribution < 1.29 is 19.2 Å².